The zero-order valence-corrected chi connectivity index (χ0v) is 10.5. The third-order valence-corrected chi connectivity index (χ3v) is 4.36. The Morgan fingerprint density at radius 2 is 1.73 bits per heavy atom. The summed E-state index contributed by atoms with van der Waals surface area (Å²) in [5.41, 5.74) is 0. The Labute approximate surface area is 94.4 Å². The van der Waals surface area contributed by atoms with E-state index in [2.05, 4.69) is 31.1 Å². The van der Waals surface area contributed by atoms with Gasteiger partial charge in [-0.25, -0.2) is 0 Å². The fraction of sp³-hybridized carbons (Fsp3) is 1.00. The van der Waals surface area contributed by atoms with Gasteiger partial charge in [-0.1, -0.05) is 20.3 Å². The number of hydrogen-bond acceptors (Lipinski definition) is 2. The molecule has 15 heavy (non-hydrogen) atoms. The van der Waals surface area contributed by atoms with Crippen molar-refractivity contribution in [1.82, 2.24) is 10.2 Å². The van der Waals surface area contributed by atoms with Crippen LogP contribution >= 0.6 is 0 Å². The third kappa shape index (κ3) is 2.73. The molecule has 88 valence electrons. The van der Waals surface area contributed by atoms with E-state index in [-0.39, 0.29) is 0 Å². The zero-order valence-electron chi connectivity index (χ0n) is 10.5. The molecule has 2 rings (SSSR count). The van der Waals surface area contributed by atoms with Crippen LogP contribution in [0.5, 0.6) is 0 Å². The van der Waals surface area contributed by atoms with Crippen molar-refractivity contribution in [2.24, 2.45) is 11.8 Å². The van der Waals surface area contributed by atoms with E-state index in [1.165, 1.54) is 38.8 Å². The van der Waals surface area contributed by atoms with Crippen molar-refractivity contribution in [2.75, 3.05) is 20.1 Å². The van der Waals surface area contributed by atoms with Crippen molar-refractivity contribution >= 4 is 0 Å². The molecule has 0 unspecified atom stereocenters. The minimum Gasteiger partial charge on any atom is -0.309 e. The summed E-state index contributed by atoms with van der Waals surface area (Å²) in [4.78, 5) is 2.44. The van der Waals surface area contributed by atoms with Gasteiger partial charge in [0, 0.05) is 18.6 Å². The van der Waals surface area contributed by atoms with Gasteiger partial charge >= 0.3 is 0 Å². The topological polar surface area (TPSA) is 15.3 Å². The van der Waals surface area contributed by atoms with Crippen molar-refractivity contribution in [3.05, 3.63) is 0 Å². The minimum absolute atomic E-state index is 0.753. The van der Waals surface area contributed by atoms with Crippen LogP contribution in [0.25, 0.3) is 0 Å². The van der Waals surface area contributed by atoms with E-state index in [0.29, 0.717) is 0 Å². The number of nitrogens with zero attached hydrogens (tertiary/aromatic N) is 1. The Kier molecular flexibility index (Phi) is 3.68. The zero-order chi connectivity index (χ0) is 10.8. The summed E-state index contributed by atoms with van der Waals surface area (Å²) in [6.45, 7) is 7.36. The maximum Gasteiger partial charge on any atom is 0.0209 e. The summed E-state index contributed by atoms with van der Waals surface area (Å²) in [7, 11) is 2.23. The predicted molar refractivity (Wildman–Crippen MR) is 65.0 cm³/mol. The van der Waals surface area contributed by atoms with Gasteiger partial charge in [-0.2, -0.15) is 0 Å². The fourth-order valence-electron chi connectivity index (χ4n) is 3.35. The first-order valence-electron chi connectivity index (χ1n) is 6.61. The lowest BCUT2D eigenvalue weighted by Crippen LogP contribution is -2.48. The number of likely N-dealkylation sites (tertiary alicyclic amines) is 1. The molecule has 0 radical (unpaired) electrons. The van der Waals surface area contributed by atoms with Crippen LogP contribution in [0.2, 0.25) is 0 Å². The average molecular weight is 210 g/mol. The van der Waals surface area contributed by atoms with Gasteiger partial charge in [0.15, 0.2) is 0 Å². The van der Waals surface area contributed by atoms with Gasteiger partial charge in [0.2, 0.25) is 0 Å². The van der Waals surface area contributed by atoms with Gasteiger partial charge in [-0.3, -0.25) is 0 Å². The summed E-state index contributed by atoms with van der Waals surface area (Å²) in [6, 6.07) is 1.53. The van der Waals surface area contributed by atoms with Crippen LogP contribution in [0.15, 0.2) is 0 Å². The molecule has 0 amide bonds. The van der Waals surface area contributed by atoms with Crippen LogP contribution in [0, 0.1) is 11.8 Å². The molecule has 2 fully saturated rings. The molecule has 1 heterocycles. The number of hydrogen-bond donors (Lipinski definition) is 1. The Morgan fingerprint density at radius 1 is 1.07 bits per heavy atom. The van der Waals surface area contributed by atoms with E-state index in [1.807, 2.05) is 0 Å². The molecule has 1 aliphatic carbocycles. The molecule has 3 atom stereocenters. The molecule has 0 spiro atoms. The second-order valence-electron chi connectivity index (χ2n) is 5.83. The van der Waals surface area contributed by atoms with E-state index in [9.17, 15) is 0 Å². The predicted octanol–water partition coefficient (Wildman–Crippen LogP) is 2.10. The van der Waals surface area contributed by atoms with Crippen molar-refractivity contribution < 1.29 is 0 Å². The maximum absolute atomic E-state index is 3.91. The molecular weight excluding hydrogens is 184 g/mol. The molecule has 2 aliphatic rings. The molecule has 2 heteroatoms. The van der Waals surface area contributed by atoms with E-state index >= 15 is 0 Å². The second-order valence-corrected chi connectivity index (χ2v) is 5.83. The van der Waals surface area contributed by atoms with Crippen LogP contribution < -0.4 is 5.32 Å². The first-order valence-corrected chi connectivity index (χ1v) is 6.61. The van der Waals surface area contributed by atoms with Crippen molar-refractivity contribution in [2.45, 2.75) is 51.6 Å². The van der Waals surface area contributed by atoms with Crippen molar-refractivity contribution in [3.8, 4) is 0 Å². The molecule has 0 bridgehead atoms. The smallest absolute Gasteiger partial charge is 0.0209 e. The van der Waals surface area contributed by atoms with Gasteiger partial charge in [-0.15, -0.1) is 0 Å². The Bertz CT molecular complexity index is 195. The second kappa shape index (κ2) is 4.84. The number of rotatable bonds is 2. The van der Waals surface area contributed by atoms with Crippen molar-refractivity contribution in [1.29, 1.82) is 0 Å². The summed E-state index contributed by atoms with van der Waals surface area (Å²) in [5, 5.41) is 3.91. The van der Waals surface area contributed by atoms with Gasteiger partial charge in [0.1, 0.15) is 0 Å². The molecule has 1 saturated carbocycles. The Hall–Kier alpha value is -0.0800. The minimum atomic E-state index is 0.753. The fourth-order valence-corrected chi connectivity index (χ4v) is 3.35. The highest BCUT2D eigenvalue weighted by molar-refractivity contribution is 4.89. The van der Waals surface area contributed by atoms with E-state index in [4.69, 9.17) is 0 Å². The molecule has 0 aromatic heterocycles. The van der Waals surface area contributed by atoms with E-state index in [1.54, 1.807) is 0 Å². The van der Waals surface area contributed by atoms with Crippen LogP contribution in [0.3, 0.4) is 0 Å². The molecule has 1 N–H and O–H groups in total. The maximum atomic E-state index is 3.91. The van der Waals surface area contributed by atoms with Crippen LogP contribution in [0.1, 0.15) is 39.5 Å². The van der Waals surface area contributed by atoms with Gasteiger partial charge in [-0.05, 0) is 44.7 Å². The third-order valence-electron chi connectivity index (χ3n) is 4.36. The van der Waals surface area contributed by atoms with Crippen molar-refractivity contribution in [3.63, 3.8) is 0 Å². The molecule has 2 nitrogen and oxygen atoms in total. The lowest BCUT2D eigenvalue weighted by molar-refractivity contribution is 0.193. The molecule has 0 aromatic carbocycles. The van der Waals surface area contributed by atoms with Gasteiger partial charge < -0.3 is 10.2 Å². The highest BCUT2D eigenvalue weighted by Crippen LogP contribution is 2.29. The van der Waals surface area contributed by atoms with Gasteiger partial charge in [0.05, 0.1) is 0 Å². The van der Waals surface area contributed by atoms with Crippen LogP contribution in [-0.4, -0.2) is 37.1 Å². The van der Waals surface area contributed by atoms with E-state index < -0.39 is 0 Å². The lowest BCUT2D eigenvalue weighted by atomic mass is 9.78. The quantitative estimate of drug-likeness (QED) is 0.751. The summed E-state index contributed by atoms with van der Waals surface area (Å²) >= 11 is 0. The standard InChI is InChI=1S/C13H26N2/c1-10-5-4-6-11(2)13(10)14-12-7-8-15(3)9-12/h10-14H,4-9H2,1-3H3/t10-,11-,12+/m1/s1. The molecule has 1 aliphatic heterocycles. The summed E-state index contributed by atoms with van der Waals surface area (Å²) < 4.78 is 0. The summed E-state index contributed by atoms with van der Waals surface area (Å²) in [6.07, 6.45) is 5.62. The highest BCUT2D eigenvalue weighted by Gasteiger charge is 2.30. The largest absolute Gasteiger partial charge is 0.309 e. The first-order chi connectivity index (χ1) is 7.16. The Balaban J connectivity index is 1.86. The highest BCUT2D eigenvalue weighted by atomic mass is 15.2. The van der Waals surface area contributed by atoms with E-state index in [0.717, 1.165) is 23.9 Å². The van der Waals surface area contributed by atoms with Crippen LogP contribution in [-0.2, 0) is 0 Å². The molecule has 1 saturated heterocycles. The van der Waals surface area contributed by atoms with Crippen LogP contribution in [0.4, 0.5) is 0 Å². The number of nitrogens with one attached hydrogen (secondary N) is 1. The van der Waals surface area contributed by atoms with Gasteiger partial charge in [0.25, 0.3) is 0 Å². The summed E-state index contributed by atoms with van der Waals surface area (Å²) in [5.74, 6) is 1.75. The average Bonchev–Trinajstić information content (AvgIpc) is 2.58. The number of likely N-dealkylation sites (N-methyl/N-ethyl adjacent to an activating group) is 1. The first kappa shape index (κ1) is 11.4. The Morgan fingerprint density at radius 3 is 2.27 bits per heavy atom. The molecular formula is C13H26N2. The normalized spacial score (nSPS) is 39.8. The lowest BCUT2D eigenvalue weighted by Gasteiger charge is -2.37. The SMILES string of the molecule is C[C@@H]1CCC[C@@H](C)C1N[C@H]1CCN(C)C1. The monoisotopic (exact) mass is 210 g/mol. The molecule has 0 aromatic rings.